The van der Waals surface area contributed by atoms with E-state index >= 15 is 0 Å². The van der Waals surface area contributed by atoms with E-state index < -0.39 is 0 Å². The van der Waals surface area contributed by atoms with Crippen LogP contribution in [0.3, 0.4) is 0 Å². The van der Waals surface area contributed by atoms with Crippen LogP contribution in [0.15, 0.2) is 27.8 Å². The van der Waals surface area contributed by atoms with Crippen LogP contribution in [0.5, 0.6) is 5.75 Å². The van der Waals surface area contributed by atoms with Crippen molar-refractivity contribution in [3.05, 3.63) is 28.2 Å². The largest absolute Gasteiger partial charge is 0.507 e. The number of nitrogens with zero attached hydrogens (tertiary/aromatic N) is 5. The van der Waals surface area contributed by atoms with Crippen LogP contribution in [-0.4, -0.2) is 31.6 Å². The van der Waals surface area contributed by atoms with Gasteiger partial charge in [-0.3, -0.25) is 0 Å². The predicted molar refractivity (Wildman–Crippen MR) is 61.0 cm³/mol. The highest BCUT2D eigenvalue weighted by molar-refractivity contribution is 9.10. The zero-order chi connectivity index (χ0) is 11.5. The SMILES string of the molecule is Nc1nnnn1N=Cc1cc(Br)ccc1O. The Bertz CT molecular complexity index is 537. The molecule has 7 nitrogen and oxygen atoms in total. The third kappa shape index (κ3) is 2.16. The Hall–Kier alpha value is -1.96. The molecule has 8 heteroatoms. The number of halogens is 1. The predicted octanol–water partition coefficient (Wildman–Crippen LogP) is 0.606. The Kier molecular flexibility index (Phi) is 2.82. The summed E-state index contributed by atoms with van der Waals surface area (Å²) in [6.45, 7) is 0. The molecule has 2 rings (SSSR count). The lowest BCUT2D eigenvalue weighted by molar-refractivity contribution is 0.474. The van der Waals surface area contributed by atoms with Crippen LogP contribution in [0.4, 0.5) is 5.95 Å². The zero-order valence-corrected chi connectivity index (χ0v) is 9.53. The van der Waals surface area contributed by atoms with Gasteiger partial charge in [-0.1, -0.05) is 25.8 Å². The average Bonchev–Trinajstić information content (AvgIpc) is 2.66. The number of hydrogen-bond donors (Lipinski definition) is 2. The fourth-order valence-electron chi connectivity index (χ4n) is 1.02. The highest BCUT2D eigenvalue weighted by Crippen LogP contribution is 2.20. The number of rotatable bonds is 2. The fourth-order valence-corrected chi connectivity index (χ4v) is 1.40. The van der Waals surface area contributed by atoms with E-state index in [1.165, 1.54) is 6.21 Å². The molecule has 0 amide bonds. The van der Waals surface area contributed by atoms with Gasteiger partial charge in [0.1, 0.15) is 5.75 Å². The maximum Gasteiger partial charge on any atom is 0.263 e. The first-order chi connectivity index (χ1) is 7.66. The van der Waals surface area contributed by atoms with Crippen molar-refractivity contribution in [3.63, 3.8) is 0 Å². The standard InChI is InChI=1S/C8H7BrN6O/c9-6-1-2-7(16)5(3-6)4-11-15-8(10)12-13-14-15/h1-4,16H,(H2,10,12,14). The molecule has 0 atom stereocenters. The molecule has 16 heavy (non-hydrogen) atoms. The van der Waals surface area contributed by atoms with Gasteiger partial charge in [-0.15, -0.1) is 0 Å². The van der Waals surface area contributed by atoms with Gasteiger partial charge >= 0.3 is 0 Å². The van der Waals surface area contributed by atoms with Gasteiger partial charge in [-0.05, 0) is 28.6 Å². The number of hydrogen-bond acceptors (Lipinski definition) is 6. The van der Waals surface area contributed by atoms with Crippen molar-refractivity contribution in [2.45, 2.75) is 0 Å². The third-order valence-corrected chi connectivity index (χ3v) is 2.27. The van der Waals surface area contributed by atoms with Crippen LogP contribution in [0.1, 0.15) is 5.56 Å². The smallest absolute Gasteiger partial charge is 0.263 e. The molecule has 0 saturated heterocycles. The number of anilines is 1. The molecular weight excluding hydrogens is 276 g/mol. The van der Waals surface area contributed by atoms with Crippen LogP contribution < -0.4 is 5.73 Å². The number of benzene rings is 1. The minimum Gasteiger partial charge on any atom is -0.507 e. The molecular formula is C8H7BrN6O. The summed E-state index contributed by atoms with van der Waals surface area (Å²) in [5.41, 5.74) is 5.95. The monoisotopic (exact) mass is 282 g/mol. The second-order valence-electron chi connectivity index (χ2n) is 2.87. The van der Waals surface area contributed by atoms with Gasteiger partial charge in [0.05, 0.1) is 6.21 Å². The Morgan fingerprint density at radius 1 is 1.50 bits per heavy atom. The van der Waals surface area contributed by atoms with Gasteiger partial charge < -0.3 is 10.8 Å². The Morgan fingerprint density at radius 3 is 3.00 bits per heavy atom. The number of tetrazole rings is 1. The van der Waals surface area contributed by atoms with Gasteiger partial charge in [0.15, 0.2) is 0 Å². The van der Waals surface area contributed by atoms with Crippen molar-refractivity contribution in [1.82, 2.24) is 20.3 Å². The van der Waals surface area contributed by atoms with Crippen LogP contribution in [0.25, 0.3) is 0 Å². The van der Waals surface area contributed by atoms with Crippen LogP contribution in [-0.2, 0) is 0 Å². The number of aromatic hydroxyl groups is 1. The maximum atomic E-state index is 9.53. The molecule has 82 valence electrons. The maximum absolute atomic E-state index is 9.53. The quantitative estimate of drug-likeness (QED) is 0.786. The van der Waals surface area contributed by atoms with E-state index in [0.717, 1.165) is 9.26 Å². The van der Waals surface area contributed by atoms with Crippen molar-refractivity contribution >= 4 is 28.1 Å². The zero-order valence-electron chi connectivity index (χ0n) is 7.95. The molecule has 0 radical (unpaired) electrons. The second kappa shape index (κ2) is 4.27. The summed E-state index contributed by atoms with van der Waals surface area (Å²) < 4.78 is 0.830. The van der Waals surface area contributed by atoms with Crippen molar-refractivity contribution in [3.8, 4) is 5.75 Å². The summed E-state index contributed by atoms with van der Waals surface area (Å²) >= 11 is 3.28. The van der Waals surface area contributed by atoms with E-state index in [1.807, 2.05) is 0 Å². The molecule has 2 aromatic rings. The summed E-state index contributed by atoms with van der Waals surface area (Å²) in [5, 5.41) is 23.7. The summed E-state index contributed by atoms with van der Waals surface area (Å²) in [6.07, 6.45) is 1.41. The second-order valence-corrected chi connectivity index (χ2v) is 3.79. The minimum absolute atomic E-state index is 0.0748. The van der Waals surface area contributed by atoms with Crippen LogP contribution >= 0.6 is 15.9 Å². The first-order valence-electron chi connectivity index (χ1n) is 4.23. The average molecular weight is 283 g/mol. The van der Waals surface area contributed by atoms with Crippen molar-refractivity contribution in [2.75, 3.05) is 5.73 Å². The molecule has 0 fully saturated rings. The molecule has 0 aliphatic heterocycles. The molecule has 1 aromatic heterocycles. The van der Waals surface area contributed by atoms with E-state index in [1.54, 1.807) is 18.2 Å². The van der Waals surface area contributed by atoms with Crippen LogP contribution in [0.2, 0.25) is 0 Å². The van der Waals surface area contributed by atoms with Gasteiger partial charge in [-0.2, -0.15) is 5.10 Å². The lowest BCUT2D eigenvalue weighted by Gasteiger charge is -1.98. The number of nitrogens with two attached hydrogens (primary N) is 1. The number of phenolic OH excluding ortho intramolecular Hbond substituents is 1. The molecule has 0 aliphatic carbocycles. The lowest BCUT2D eigenvalue weighted by Crippen LogP contribution is -1.99. The summed E-state index contributed by atoms with van der Waals surface area (Å²) in [7, 11) is 0. The molecule has 0 unspecified atom stereocenters. The Labute approximate surface area is 98.7 Å². The Balaban J connectivity index is 2.30. The molecule has 0 spiro atoms. The van der Waals surface area contributed by atoms with E-state index in [9.17, 15) is 5.11 Å². The highest BCUT2D eigenvalue weighted by Gasteiger charge is 2.00. The number of phenols is 1. The normalized spacial score (nSPS) is 11.1. The first kappa shape index (κ1) is 10.6. The van der Waals surface area contributed by atoms with Crippen molar-refractivity contribution in [2.24, 2.45) is 5.10 Å². The Morgan fingerprint density at radius 2 is 2.31 bits per heavy atom. The number of aromatic nitrogens is 4. The molecule has 0 aliphatic rings. The molecule has 0 saturated carbocycles. The van der Waals surface area contributed by atoms with Crippen molar-refractivity contribution < 1.29 is 5.11 Å². The van der Waals surface area contributed by atoms with E-state index in [2.05, 4.69) is 36.6 Å². The number of nitrogen functional groups attached to an aromatic ring is 1. The van der Waals surface area contributed by atoms with Gasteiger partial charge in [0.25, 0.3) is 5.95 Å². The lowest BCUT2D eigenvalue weighted by atomic mass is 10.2. The summed E-state index contributed by atoms with van der Waals surface area (Å²) in [6, 6.07) is 4.98. The minimum atomic E-state index is 0.0748. The van der Waals surface area contributed by atoms with Gasteiger partial charge in [0, 0.05) is 10.0 Å². The first-order valence-corrected chi connectivity index (χ1v) is 5.03. The van der Waals surface area contributed by atoms with Gasteiger partial charge in [0.2, 0.25) is 0 Å². The summed E-state index contributed by atoms with van der Waals surface area (Å²) in [4.78, 5) is 1.06. The molecule has 0 bridgehead atoms. The summed E-state index contributed by atoms with van der Waals surface area (Å²) in [5.74, 6) is 0.185. The topological polar surface area (TPSA) is 102 Å². The molecule has 3 N–H and O–H groups in total. The van der Waals surface area contributed by atoms with E-state index in [-0.39, 0.29) is 11.7 Å². The van der Waals surface area contributed by atoms with Gasteiger partial charge in [-0.25, -0.2) is 0 Å². The highest BCUT2D eigenvalue weighted by atomic mass is 79.9. The van der Waals surface area contributed by atoms with Crippen molar-refractivity contribution in [1.29, 1.82) is 0 Å². The third-order valence-electron chi connectivity index (χ3n) is 1.77. The molecule has 1 heterocycles. The van der Waals surface area contributed by atoms with Crippen LogP contribution in [0, 0.1) is 0 Å². The molecule has 1 aromatic carbocycles. The fraction of sp³-hybridized carbons (Fsp3) is 0. The van der Waals surface area contributed by atoms with E-state index in [0.29, 0.717) is 5.56 Å². The van der Waals surface area contributed by atoms with E-state index in [4.69, 9.17) is 5.73 Å².